The van der Waals surface area contributed by atoms with Crippen LogP contribution in [-0.4, -0.2) is 97.0 Å². The number of fused-ring (bicyclic) bond motifs is 2. The smallest absolute Gasteiger partial charge is 0.262 e. The lowest BCUT2D eigenvalue weighted by Crippen LogP contribution is -2.52. The van der Waals surface area contributed by atoms with Crippen LogP contribution in [0.4, 0.5) is 0 Å². The molecule has 3 fully saturated rings. The summed E-state index contributed by atoms with van der Waals surface area (Å²) < 4.78 is 2.14. The van der Waals surface area contributed by atoms with Crippen molar-refractivity contribution >= 4 is 28.8 Å². The van der Waals surface area contributed by atoms with Gasteiger partial charge in [-0.05, 0) is 50.2 Å². The highest BCUT2D eigenvalue weighted by atomic mass is 16.2. The number of benzene rings is 2. The average molecular weight is 739 g/mol. The van der Waals surface area contributed by atoms with Gasteiger partial charge in [0.25, 0.3) is 11.8 Å². The molecular formula is C43H62N8O3. The van der Waals surface area contributed by atoms with Crippen molar-refractivity contribution in [2.24, 2.45) is 0 Å². The summed E-state index contributed by atoms with van der Waals surface area (Å²) in [6, 6.07) is 15.9. The van der Waals surface area contributed by atoms with Crippen molar-refractivity contribution in [3.63, 3.8) is 0 Å². The van der Waals surface area contributed by atoms with Crippen LogP contribution in [0.25, 0.3) is 22.3 Å². The zero-order valence-electron chi connectivity index (χ0n) is 33.8. The van der Waals surface area contributed by atoms with E-state index in [1.807, 2.05) is 91.9 Å². The molecule has 1 N–H and O–H groups in total. The Labute approximate surface area is 322 Å². The second-order valence-corrected chi connectivity index (χ2v) is 13.0. The first kappa shape index (κ1) is 42.3. The number of aromatic nitrogens is 4. The minimum absolute atomic E-state index is 0.240. The Morgan fingerprint density at radius 3 is 2.07 bits per heavy atom. The van der Waals surface area contributed by atoms with Crippen molar-refractivity contribution in [2.45, 2.75) is 119 Å². The zero-order chi connectivity index (χ0) is 39.2. The number of piperidine rings is 1. The molecule has 3 aliphatic heterocycles. The summed E-state index contributed by atoms with van der Waals surface area (Å²) in [6.45, 7) is 21.0. The standard InChI is InChI=1S/C35H38N8O3.4C2H6/c44-33-29(10-5-15-37-33)42-34(45)27-9-4-8-24(30(27)35(42)46)21-40-16-18-41(19-17-40)25-11-13-26(14-12-25)43-32-28(20-36-22-38-32)31(39-43)23-6-2-1-3-7-23;4*1-2/h1-4,6-9,20,22,25-26,29H,5,10-19,21H2,(H,37,44);4*1-2H3. The predicted octanol–water partition coefficient (Wildman–Crippen LogP) is 7.77. The highest BCUT2D eigenvalue weighted by molar-refractivity contribution is 6.23. The monoisotopic (exact) mass is 738 g/mol. The maximum Gasteiger partial charge on any atom is 0.262 e. The van der Waals surface area contributed by atoms with E-state index in [0.29, 0.717) is 42.7 Å². The number of nitrogens with one attached hydrogen (secondary N) is 1. The van der Waals surface area contributed by atoms with E-state index in [4.69, 9.17) is 5.10 Å². The molecule has 2 aromatic carbocycles. The van der Waals surface area contributed by atoms with Crippen LogP contribution in [0.5, 0.6) is 0 Å². The van der Waals surface area contributed by atoms with Crippen LogP contribution in [0.2, 0.25) is 0 Å². The molecule has 2 saturated heterocycles. The lowest BCUT2D eigenvalue weighted by atomic mass is 9.90. The Kier molecular flexibility index (Phi) is 16.3. The normalized spacial score (nSPS) is 21.2. The van der Waals surface area contributed by atoms with E-state index in [1.165, 1.54) is 4.90 Å². The molecule has 0 bridgehead atoms. The van der Waals surface area contributed by atoms with Gasteiger partial charge in [-0.3, -0.25) is 29.1 Å². The minimum Gasteiger partial charge on any atom is -0.354 e. The maximum absolute atomic E-state index is 13.5. The van der Waals surface area contributed by atoms with Crippen LogP contribution >= 0.6 is 0 Å². The van der Waals surface area contributed by atoms with Gasteiger partial charge in [-0.2, -0.15) is 5.10 Å². The largest absolute Gasteiger partial charge is 0.354 e. The molecule has 5 heterocycles. The van der Waals surface area contributed by atoms with Gasteiger partial charge in [-0.15, -0.1) is 0 Å². The third kappa shape index (κ3) is 8.90. The molecule has 3 amide bonds. The van der Waals surface area contributed by atoms with Crippen molar-refractivity contribution in [2.75, 3.05) is 32.7 Å². The predicted molar refractivity (Wildman–Crippen MR) is 217 cm³/mol. The van der Waals surface area contributed by atoms with Gasteiger partial charge in [0.05, 0.1) is 22.6 Å². The molecular weight excluding hydrogens is 677 g/mol. The number of carbonyl (C=O) groups is 3. The number of amides is 3. The summed E-state index contributed by atoms with van der Waals surface area (Å²) in [5.41, 5.74) is 4.69. The first-order chi connectivity index (χ1) is 26.6. The van der Waals surface area contributed by atoms with Gasteiger partial charge in [0.15, 0.2) is 5.65 Å². The van der Waals surface area contributed by atoms with E-state index < -0.39 is 6.04 Å². The second-order valence-electron chi connectivity index (χ2n) is 13.0. The molecule has 292 valence electrons. The molecule has 4 aliphatic rings. The average Bonchev–Trinajstić information content (AvgIpc) is 3.76. The number of piperazine rings is 1. The summed E-state index contributed by atoms with van der Waals surface area (Å²) in [5.74, 6) is -0.923. The van der Waals surface area contributed by atoms with Crippen molar-refractivity contribution in [3.05, 3.63) is 77.7 Å². The van der Waals surface area contributed by atoms with Crippen LogP contribution < -0.4 is 5.32 Å². The third-order valence-corrected chi connectivity index (χ3v) is 10.3. The molecule has 1 aliphatic carbocycles. The van der Waals surface area contributed by atoms with Gasteiger partial charge in [-0.1, -0.05) is 97.9 Å². The summed E-state index contributed by atoms with van der Waals surface area (Å²) >= 11 is 0. The Bertz CT molecular complexity index is 1790. The molecule has 54 heavy (non-hydrogen) atoms. The fourth-order valence-corrected chi connectivity index (χ4v) is 7.93. The number of nitrogens with zero attached hydrogens (tertiary/aromatic N) is 7. The molecule has 1 unspecified atom stereocenters. The summed E-state index contributed by atoms with van der Waals surface area (Å²) in [7, 11) is 0. The molecule has 0 spiro atoms. The molecule has 11 nitrogen and oxygen atoms in total. The number of imide groups is 1. The van der Waals surface area contributed by atoms with E-state index in [-0.39, 0.29) is 17.7 Å². The van der Waals surface area contributed by atoms with Crippen molar-refractivity contribution in [3.8, 4) is 11.3 Å². The van der Waals surface area contributed by atoms with E-state index in [0.717, 1.165) is 86.1 Å². The lowest BCUT2D eigenvalue weighted by Gasteiger charge is -2.42. The Morgan fingerprint density at radius 2 is 1.41 bits per heavy atom. The molecule has 8 rings (SSSR count). The molecule has 2 aromatic heterocycles. The van der Waals surface area contributed by atoms with E-state index >= 15 is 0 Å². The van der Waals surface area contributed by atoms with Gasteiger partial charge < -0.3 is 5.32 Å². The molecule has 4 aromatic rings. The maximum atomic E-state index is 13.5. The van der Waals surface area contributed by atoms with E-state index in [2.05, 4.69) is 41.9 Å². The van der Waals surface area contributed by atoms with Gasteiger partial charge >= 0.3 is 0 Å². The zero-order valence-corrected chi connectivity index (χ0v) is 33.8. The van der Waals surface area contributed by atoms with Crippen LogP contribution in [-0.2, 0) is 11.3 Å². The summed E-state index contributed by atoms with van der Waals surface area (Å²) in [5, 5.41) is 8.87. The topological polar surface area (TPSA) is 117 Å². The Morgan fingerprint density at radius 1 is 0.741 bits per heavy atom. The SMILES string of the molecule is CC.CC.CC.CC.O=C1NCCCC1N1C(=O)c2cccc(CN3CCN(C4CCC(n5nc(-c6ccccc6)c6cncnc65)CC4)CC3)c2C1=O. The number of rotatable bonds is 6. The van der Waals surface area contributed by atoms with Crippen LogP contribution in [0.1, 0.15) is 126 Å². The first-order valence-corrected chi connectivity index (χ1v) is 20.5. The first-order valence-electron chi connectivity index (χ1n) is 20.5. The van der Waals surface area contributed by atoms with Crippen LogP contribution in [0, 0.1) is 0 Å². The lowest BCUT2D eigenvalue weighted by molar-refractivity contribution is -0.126. The number of carbonyl (C=O) groups excluding carboxylic acids is 3. The fourth-order valence-electron chi connectivity index (χ4n) is 7.93. The quantitative estimate of drug-likeness (QED) is 0.200. The summed E-state index contributed by atoms with van der Waals surface area (Å²) in [6.07, 6.45) is 9.11. The molecule has 0 radical (unpaired) electrons. The molecule has 1 atom stereocenters. The van der Waals surface area contributed by atoms with Crippen LogP contribution in [0.15, 0.2) is 61.1 Å². The van der Waals surface area contributed by atoms with Gasteiger partial charge in [0.2, 0.25) is 5.91 Å². The van der Waals surface area contributed by atoms with E-state index in [9.17, 15) is 14.4 Å². The highest BCUT2D eigenvalue weighted by Gasteiger charge is 2.44. The van der Waals surface area contributed by atoms with Gasteiger partial charge in [0.1, 0.15) is 18.1 Å². The van der Waals surface area contributed by atoms with Gasteiger partial charge in [-0.25, -0.2) is 14.6 Å². The van der Waals surface area contributed by atoms with Crippen molar-refractivity contribution in [1.29, 1.82) is 0 Å². The van der Waals surface area contributed by atoms with Crippen LogP contribution in [0.3, 0.4) is 0 Å². The molecule has 11 heteroatoms. The van der Waals surface area contributed by atoms with Gasteiger partial charge in [0, 0.05) is 57.1 Å². The van der Waals surface area contributed by atoms with Crippen molar-refractivity contribution in [1.82, 2.24) is 39.8 Å². The van der Waals surface area contributed by atoms with Crippen molar-refractivity contribution < 1.29 is 14.4 Å². The minimum atomic E-state index is -0.723. The Balaban J connectivity index is 0.000000764. The molecule has 1 saturated carbocycles. The third-order valence-electron chi connectivity index (χ3n) is 10.3. The van der Waals surface area contributed by atoms with E-state index in [1.54, 1.807) is 12.4 Å². The number of hydrogen-bond acceptors (Lipinski definition) is 8. The summed E-state index contributed by atoms with van der Waals surface area (Å²) in [4.78, 5) is 54.4. The highest BCUT2D eigenvalue weighted by Crippen LogP contribution is 2.36. The fraction of sp³-hybridized carbons (Fsp3) is 0.535. The second kappa shape index (κ2) is 20.8. The number of hydrogen-bond donors (Lipinski definition) is 1. The Hall–Kier alpha value is -4.48.